The highest BCUT2D eigenvalue weighted by Gasteiger charge is 2.18. The Hall–Kier alpha value is -2.11. The number of furan rings is 1. The summed E-state index contributed by atoms with van der Waals surface area (Å²) in [5.74, 6) is 0.685. The van der Waals surface area contributed by atoms with Crippen molar-refractivity contribution in [2.24, 2.45) is 5.73 Å². The van der Waals surface area contributed by atoms with Gasteiger partial charge in [-0.1, -0.05) is 16.8 Å². The largest absolute Gasteiger partial charge is 0.463 e. The summed E-state index contributed by atoms with van der Waals surface area (Å²) in [5.41, 5.74) is 9.08. The van der Waals surface area contributed by atoms with Crippen LogP contribution in [0.25, 0.3) is 17.1 Å². The zero-order valence-corrected chi connectivity index (χ0v) is 11.6. The molecule has 2 heterocycles. The number of nitrogens with zero attached hydrogens (tertiary/aromatic N) is 3. The van der Waals surface area contributed by atoms with Crippen LogP contribution < -0.4 is 5.73 Å². The van der Waals surface area contributed by atoms with Crippen molar-refractivity contribution in [1.82, 2.24) is 15.0 Å². The summed E-state index contributed by atoms with van der Waals surface area (Å²) in [6.07, 6.45) is 1.61. The van der Waals surface area contributed by atoms with Gasteiger partial charge in [0.05, 0.1) is 12.0 Å². The summed E-state index contributed by atoms with van der Waals surface area (Å²) in [6, 6.07) is 9.28. The average molecular weight is 289 g/mol. The maximum absolute atomic E-state index is 5.99. The predicted molar refractivity (Wildman–Crippen MR) is 76.7 cm³/mol. The third-order valence-electron chi connectivity index (χ3n) is 3.07. The molecule has 0 aliphatic carbocycles. The first-order valence-corrected chi connectivity index (χ1v) is 6.53. The standard InChI is InChI=1S/C14H13ClN4O/c1-9-7-10(15)4-5-12(9)19-14(11(8-16)17-18-19)13-3-2-6-20-13/h2-7H,8,16H2,1H3. The van der Waals surface area contributed by atoms with Gasteiger partial charge in [0.25, 0.3) is 0 Å². The topological polar surface area (TPSA) is 69.9 Å². The average Bonchev–Trinajstić information content (AvgIpc) is 3.06. The number of benzene rings is 1. The fraction of sp³-hybridized carbons (Fsp3) is 0.143. The number of halogens is 1. The van der Waals surface area contributed by atoms with E-state index in [4.69, 9.17) is 21.8 Å². The van der Waals surface area contributed by atoms with Gasteiger partial charge in [0.2, 0.25) is 0 Å². The highest BCUT2D eigenvalue weighted by atomic mass is 35.5. The number of hydrogen-bond acceptors (Lipinski definition) is 4. The van der Waals surface area contributed by atoms with Crippen molar-refractivity contribution in [2.45, 2.75) is 13.5 Å². The molecule has 102 valence electrons. The molecule has 0 unspecified atom stereocenters. The van der Waals surface area contributed by atoms with E-state index in [1.165, 1.54) is 0 Å². The lowest BCUT2D eigenvalue weighted by molar-refractivity contribution is 0.576. The summed E-state index contributed by atoms with van der Waals surface area (Å²) in [5, 5.41) is 9.00. The van der Waals surface area contributed by atoms with Gasteiger partial charge in [-0.3, -0.25) is 0 Å². The molecule has 0 bridgehead atoms. The van der Waals surface area contributed by atoms with E-state index < -0.39 is 0 Å². The minimum absolute atomic E-state index is 0.294. The molecule has 0 spiro atoms. The highest BCUT2D eigenvalue weighted by Crippen LogP contribution is 2.27. The lowest BCUT2D eigenvalue weighted by atomic mass is 10.2. The first-order chi connectivity index (χ1) is 9.70. The molecule has 0 amide bonds. The van der Waals surface area contributed by atoms with E-state index in [0.717, 1.165) is 16.9 Å². The van der Waals surface area contributed by atoms with E-state index in [1.807, 2.05) is 37.3 Å². The van der Waals surface area contributed by atoms with Gasteiger partial charge in [-0.15, -0.1) is 5.10 Å². The van der Waals surface area contributed by atoms with Crippen LogP contribution in [-0.2, 0) is 6.54 Å². The smallest absolute Gasteiger partial charge is 0.154 e. The third-order valence-corrected chi connectivity index (χ3v) is 3.31. The number of rotatable bonds is 3. The molecule has 0 saturated carbocycles. The molecule has 0 aliphatic heterocycles. The predicted octanol–water partition coefficient (Wildman–Crippen LogP) is 2.95. The molecule has 20 heavy (non-hydrogen) atoms. The SMILES string of the molecule is Cc1cc(Cl)ccc1-n1nnc(CN)c1-c1ccco1. The molecular weight excluding hydrogens is 276 g/mol. The normalized spacial score (nSPS) is 10.9. The Morgan fingerprint density at radius 2 is 2.20 bits per heavy atom. The van der Waals surface area contributed by atoms with E-state index in [2.05, 4.69) is 10.3 Å². The maximum Gasteiger partial charge on any atom is 0.154 e. The van der Waals surface area contributed by atoms with Gasteiger partial charge in [-0.2, -0.15) is 0 Å². The summed E-state index contributed by atoms with van der Waals surface area (Å²) >= 11 is 5.99. The quantitative estimate of drug-likeness (QED) is 0.804. The molecule has 0 fully saturated rings. The molecule has 3 rings (SSSR count). The van der Waals surface area contributed by atoms with Gasteiger partial charge in [-0.25, -0.2) is 4.68 Å². The summed E-state index contributed by atoms with van der Waals surface area (Å²) in [6.45, 7) is 2.26. The molecule has 0 saturated heterocycles. The van der Waals surface area contributed by atoms with Crippen molar-refractivity contribution in [3.05, 3.63) is 52.9 Å². The van der Waals surface area contributed by atoms with E-state index in [-0.39, 0.29) is 0 Å². The van der Waals surface area contributed by atoms with E-state index >= 15 is 0 Å². The number of hydrogen-bond donors (Lipinski definition) is 1. The fourth-order valence-electron chi connectivity index (χ4n) is 2.14. The van der Waals surface area contributed by atoms with Crippen LogP contribution >= 0.6 is 11.6 Å². The Morgan fingerprint density at radius 3 is 2.85 bits per heavy atom. The molecule has 2 aromatic heterocycles. The van der Waals surface area contributed by atoms with Crippen molar-refractivity contribution < 1.29 is 4.42 Å². The molecule has 5 nitrogen and oxygen atoms in total. The second kappa shape index (κ2) is 5.11. The third kappa shape index (κ3) is 2.11. The van der Waals surface area contributed by atoms with Crippen molar-refractivity contribution in [2.75, 3.05) is 0 Å². The Morgan fingerprint density at radius 1 is 1.35 bits per heavy atom. The van der Waals surface area contributed by atoms with Crippen molar-refractivity contribution in [3.8, 4) is 17.1 Å². The highest BCUT2D eigenvalue weighted by molar-refractivity contribution is 6.30. The molecular formula is C14H13ClN4O. The molecule has 1 aromatic carbocycles. The molecule has 0 radical (unpaired) electrons. The van der Waals surface area contributed by atoms with Crippen LogP contribution in [0.1, 0.15) is 11.3 Å². The van der Waals surface area contributed by atoms with E-state index in [1.54, 1.807) is 10.9 Å². The van der Waals surface area contributed by atoms with Crippen molar-refractivity contribution in [1.29, 1.82) is 0 Å². The first kappa shape index (κ1) is 12.9. The monoisotopic (exact) mass is 288 g/mol. The van der Waals surface area contributed by atoms with Gasteiger partial charge in [-0.05, 0) is 42.8 Å². The van der Waals surface area contributed by atoms with Crippen molar-refractivity contribution >= 4 is 11.6 Å². The van der Waals surface area contributed by atoms with Crippen LogP contribution in [0.5, 0.6) is 0 Å². The summed E-state index contributed by atoms with van der Waals surface area (Å²) in [4.78, 5) is 0. The van der Waals surface area contributed by atoms with E-state index in [9.17, 15) is 0 Å². The Bertz CT molecular complexity index is 734. The van der Waals surface area contributed by atoms with E-state index in [0.29, 0.717) is 23.0 Å². The van der Waals surface area contributed by atoms with Gasteiger partial charge in [0, 0.05) is 11.6 Å². The molecule has 0 atom stereocenters. The summed E-state index contributed by atoms with van der Waals surface area (Å²) < 4.78 is 7.19. The molecule has 6 heteroatoms. The van der Waals surface area contributed by atoms with Crippen LogP contribution in [0.3, 0.4) is 0 Å². The summed E-state index contributed by atoms with van der Waals surface area (Å²) in [7, 11) is 0. The number of aromatic nitrogens is 3. The molecule has 0 aliphatic rings. The Balaban J connectivity index is 2.22. The van der Waals surface area contributed by atoms with Gasteiger partial charge < -0.3 is 10.2 Å². The molecule has 3 aromatic rings. The second-order valence-electron chi connectivity index (χ2n) is 4.41. The van der Waals surface area contributed by atoms with Crippen LogP contribution in [0.2, 0.25) is 5.02 Å². The van der Waals surface area contributed by atoms with Crippen molar-refractivity contribution in [3.63, 3.8) is 0 Å². The number of nitrogens with two attached hydrogens (primary N) is 1. The van der Waals surface area contributed by atoms with Gasteiger partial charge in [0.1, 0.15) is 11.4 Å². The minimum Gasteiger partial charge on any atom is -0.463 e. The zero-order valence-electron chi connectivity index (χ0n) is 10.9. The van der Waals surface area contributed by atoms with Crippen LogP contribution in [0.4, 0.5) is 0 Å². The van der Waals surface area contributed by atoms with Crippen LogP contribution in [-0.4, -0.2) is 15.0 Å². The zero-order chi connectivity index (χ0) is 14.1. The molecule has 2 N–H and O–H groups in total. The lowest BCUT2D eigenvalue weighted by Crippen LogP contribution is -2.03. The van der Waals surface area contributed by atoms with Gasteiger partial charge in [0.15, 0.2) is 5.76 Å². The van der Waals surface area contributed by atoms with Crippen LogP contribution in [0.15, 0.2) is 41.0 Å². The minimum atomic E-state index is 0.294. The number of aryl methyl sites for hydroxylation is 1. The maximum atomic E-state index is 5.99. The lowest BCUT2D eigenvalue weighted by Gasteiger charge is -2.09. The fourth-order valence-corrected chi connectivity index (χ4v) is 2.36. The Kier molecular flexibility index (Phi) is 3.30. The van der Waals surface area contributed by atoms with Gasteiger partial charge >= 0.3 is 0 Å². The second-order valence-corrected chi connectivity index (χ2v) is 4.85. The Labute approximate surface area is 121 Å². The van der Waals surface area contributed by atoms with Crippen LogP contribution in [0, 0.1) is 6.92 Å². The first-order valence-electron chi connectivity index (χ1n) is 6.15.